The fraction of sp³-hybridized carbons (Fsp3) is 0.826. The van der Waals surface area contributed by atoms with Gasteiger partial charge in [-0.25, -0.2) is 4.79 Å². The molecule has 5 aliphatic rings. The summed E-state index contributed by atoms with van der Waals surface area (Å²) in [6.45, 7) is 3.89. The first kappa shape index (κ1) is 25.8. The lowest BCUT2D eigenvalue weighted by atomic mass is 9.58. The maximum Gasteiger partial charge on any atom is 0.335 e. The third kappa shape index (κ3) is 3.52. The average Bonchev–Trinajstić information content (AvgIpc) is 3.24. The molecule has 0 radical (unpaired) electrons. The molecule has 2 bridgehead atoms. The lowest BCUT2D eigenvalue weighted by Crippen LogP contribution is -2.60. The van der Waals surface area contributed by atoms with E-state index in [0.717, 1.165) is 0 Å². The normalized spacial score (nSPS) is 49.8. The standard InChI is InChI=1S/C23H32O13/c1-8-6-32-20(30)18-13(8)23-4-11(35-22(23,3)36-18)10(7-31-9(2)25)17(19(23)29)34-21-16(28)15(27)14(26)12(5-24)33-21/h8,11-16,18-19,21,24,26-29H,4-7H2,1-3H3. The first-order valence-electron chi connectivity index (χ1n) is 12.0. The van der Waals surface area contributed by atoms with Gasteiger partial charge < -0.3 is 54.0 Å². The zero-order chi connectivity index (χ0) is 26.2. The number of rotatable bonds is 5. The van der Waals surface area contributed by atoms with Crippen molar-refractivity contribution in [3.05, 3.63) is 11.3 Å². The molecule has 13 heteroatoms. The Morgan fingerprint density at radius 1 is 1.14 bits per heavy atom. The van der Waals surface area contributed by atoms with E-state index in [-0.39, 0.29) is 36.9 Å². The number of hydrogen-bond donors (Lipinski definition) is 5. The third-order valence-electron chi connectivity index (χ3n) is 8.31. The molecule has 0 aromatic carbocycles. The Morgan fingerprint density at radius 3 is 2.53 bits per heavy atom. The first-order valence-corrected chi connectivity index (χ1v) is 12.0. The van der Waals surface area contributed by atoms with Gasteiger partial charge in [0, 0.05) is 18.4 Å². The van der Waals surface area contributed by atoms with Crippen molar-refractivity contribution in [2.45, 2.75) is 82.0 Å². The monoisotopic (exact) mass is 516 g/mol. The number of aliphatic hydroxyl groups excluding tert-OH is 5. The summed E-state index contributed by atoms with van der Waals surface area (Å²) < 4.78 is 34.3. The number of carbonyl (C=O) groups excluding carboxylic acids is 2. The predicted octanol–water partition coefficient (Wildman–Crippen LogP) is -2.31. The van der Waals surface area contributed by atoms with Gasteiger partial charge in [0.1, 0.15) is 42.9 Å². The largest absolute Gasteiger partial charge is 0.463 e. The van der Waals surface area contributed by atoms with Crippen LogP contribution in [-0.4, -0.2) is 112 Å². The molecular formula is C23H32O13. The fourth-order valence-corrected chi connectivity index (χ4v) is 6.56. The van der Waals surface area contributed by atoms with E-state index in [4.69, 9.17) is 28.4 Å². The lowest BCUT2D eigenvalue weighted by Gasteiger charge is -2.47. The molecule has 1 aliphatic carbocycles. The highest BCUT2D eigenvalue weighted by atomic mass is 16.7. The van der Waals surface area contributed by atoms with E-state index in [9.17, 15) is 35.1 Å². The molecular weight excluding hydrogens is 484 g/mol. The van der Waals surface area contributed by atoms with Crippen LogP contribution in [0.1, 0.15) is 27.2 Å². The van der Waals surface area contributed by atoms with Crippen LogP contribution in [0.2, 0.25) is 0 Å². The molecule has 12 atom stereocenters. The van der Waals surface area contributed by atoms with Crippen molar-refractivity contribution in [3.8, 4) is 0 Å². The number of esters is 2. The van der Waals surface area contributed by atoms with E-state index in [1.165, 1.54) is 6.92 Å². The van der Waals surface area contributed by atoms with Gasteiger partial charge >= 0.3 is 11.9 Å². The van der Waals surface area contributed by atoms with E-state index < -0.39 is 84.7 Å². The summed E-state index contributed by atoms with van der Waals surface area (Å²) in [6, 6.07) is 0. The van der Waals surface area contributed by atoms with Crippen molar-refractivity contribution < 1.29 is 63.5 Å². The molecule has 4 heterocycles. The van der Waals surface area contributed by atoms with E-state index >= 15 is 0 Å². The smallest absolute Gasteiger partial charge is 0.335 e. The minimum atomic E-state index is -1.74. The predicted molar refractivity (Wildman–Crippen MR) is 113 cm³/mol. The molecule has 0 amide bonds. The van der Waals surface area contributed by atoms with Crippen molar-refractivity contribution in [1.82, 2.24) is 0 Å². The van der Waals surface area contributed by atoms with Crippen molar-refractivity contribution in [2.24, 2.45) is 17.3 Å². The second kappa shape index (κ2) is 8.88. The molecule has 4 saturated heterocycles. The van der Waals surface area contributed by atoms with Gasteiger partial charge in [0.15, 0.2) is 11.9 Å². The Morgan fingerprint density at radius 2 is 1.86 bits per heavy atom. The fourth-order valence-electron chi connectivity index (χ4n) is 6.56. The summed E-state index contributed by atoms with van der Waals surface area (Å²) in [7, 11) is 0. The molecule has 5 N–H and O–H groups in total. The van der Waals surface area contributed by atoms with Crippen molar-refractivity contribution in [2.75, 3.05) is 19.8 Å². The van der Waals surface area contributed by atoms with Crippen LogP contribution in [0.25, 0.3) is 0 Å². The van der Waals surface area contributed by atoms with Gasteiger partial charge in [-0.15, -0.1) is 0 Å². The quantitative estimate of drug-likeness (QED) is 0.245. The molecule has 4 fully saturated rings. The van der Waals surface area contributed by atoms with Gasteiger partial charge in [0.2, 0.25) is 6.29 Å². The van der Waals surface area contributed by atoms with Crippen LogP contribution in [-0.2, 0) is 38.0 Å². The Hall–Kier alpha value is -1.84. The van der Waals surface area contributed by atoms with Crippen molar-refractivity contribution in [3.63, 3.8) is 0 Å². The van der Waals surface area contributed by atoms with Crippen LogP contribution in [0.5, 0.6) is 0 Å². The lowest BCUT2D eigenvalue weighted by molar-refractivity contribution is -0.297. The number of aliphatic hydroxyl groups is 5. The maximum absolute atomic E-state index is 12.6. The van der Waals surface area contributed by atoms with Crippen molar-refractivity contribution >= 4 is 11.9 Å². The maximum atomic E-state index is 12.6. The van der Waals surface area contributed by atoms with Gasteiger partial charge in [-0.05, 0) is 19.3 Å². The van der Waals surface area contributed by atoms with Gasteiger partial charge in [0.05, 0.1) is 24.7 Å². The second-order valence-corrected chi connectivity index (χ2v) is 10.4. The summed E-state index contributed by atoms with van der Waals surface area (Å²) in [5.74, 6) is -3.39. The highest BCUT2D eigenvalue weighted by molar-refractivity contribution is 5.77. The Kier molecular flexibility index (Phi) is 6.36. The van der Waals surface area contributed by atoms with E-state index in [1.807, 2.05) is 6.92 Å². The van der Waals surface area contributed by atoms with Gasteiger partial charge in [-0.2, -0.15) is 0 Å². The van der Waals surface area contributed by atoms with Crippen LogP contribution in [0.15, 0.2) is 11.3 Å². The Balaban J connectivity index is 1.55. The zero-order valence-electron chi connectivity index (χ0n) is 20.1. The zero-order valence-corrected chi connectivity index (χ0v) is 20.1. The summed E-state index contributed by atoms with van der Waals surface area (Å²) >= 11 is 0. The second-order valence-electron chi connectivity index (χ2n) is 10.4. The first-order chi connectivity index (χ1) is 16.9. The minimum Gasteiger partial charge on any atom is -0.463 e. The molecule has 0 aromatic heterocycles. The summed E-state index contributed by atoms with van der Waals surface area (Å²) in [4.78, 5) is 24.2. The highest BCUT2D eigenvalue weighted by Crippen LogP contribution is 2.67. The molecule has 0 saturated carbocycles. The number of cyclic esters (lactones) is 1. The van der Waals surface area contributed by atoms with E-state index in [2.05, 4.69) is 0 Å². The summed E-state index contributed by atoms with van der Waals surface area (Å²) in [5.41, 5.74) is -0.896. The molecule has 1 spiro atoms. The van der Waals surface area contributed by atoms with Crippen LogP contribution in [0.4, 0.5) is 0 Å². The topological polar surface area (TPSA) is 191 Å². The molecule has 202 valence electrons. The number of ether oxygens (including phenoxy) is 6. The van der Waals surface area contributed by atoms with Gasteiger partial charge in [-0.3, -0.25) is 4.79 Å². The van der Waals surface area contributed by atoms with Crippen LogP contribution in [0, 0.1) is 17.3 Å². The van der Waals surface area contributed by atoms with Gasteiger partial charge in [-0.1, -0.05) is 6.92 Å². The third-order valence-corrected chi connectivity index (χ3v) is 8.31. The number of carbonyl (C=O) groups is 2. The molecule has 4 aliphatic heterocycles. The van der Waals surface area contributed by atoms with Crippen molar-refractivity contribution in [1.29, 1.82) is 0 Å². The Labute approximate surface area is 206 Å². The minimum absolute atomic E-state index is 0.115. The highest BCUT2D eigenvalue weighted by Gasteiger charge is 2.77. The molecule has 5 rings (SSSR count). The van der Waals surface area contributed by atoms with Crippen LogP contribution >= 0.6 is 0 Å². The van der Waals surface area contributed by atoms with E-state index in [0.29, 0.717) is 0 Å². The van der Waals surface area contributed by atoms with E-state index in [1.54, 1.807) is 6.92 Å². The summed E-state index contributed by atoms with van der Waals surface area (Å²) in [5, 5.41) is 52.3. The molecule has 36 heavy (non-hydrogen) atoms. The number of hydrogen-bond acceptors (Lipinski definition) is 13. The molecule has 12 unspecified atom stereocenters. The van der Waals surface area contributed by atoms with Gasteiger partial charge in [0.25, 0.3) is 0 Å². The number of fused-ring (bicyclic) bond motifs is 2. The van der Waals surface area contributed by atoms with Crippen LogP contribution < -0.4 is 0 Å². The van der Waals surface area contributed by atoms with Crippen LogP contribution in [0.3, 0.4) is 0 Å². The Bertz CT molecular complexity index is 950. The summed E-state index contributed by atoms with van der Waals surface area (Å²) in [6.07, 6.45) is -10.8. The average molecular weight is 516 g/mol. The molecule has 0 aromatic rings. The molecule has 13 nitrogen and oxygen atoms in total. The SMILES string of the molecule is CC(=O)OCC1=C(OC2OC(CO)C(O)C(O)C2O)C(O)C23CC1OC2(C)OC1C(=O)OCC(C)C13.